The van der Waals surface area contributed by atoms with Gasteiger partial charge in [0.1, 0.15) is 47.2 Å². The van der Waals surface area contributed by atoms with Gasteiger partial charge in [0.2, 0.25) is 5.91 Å². The van der Waals surface area contributed by atoms with Crippen LogP contribution < -0.4 is 10.2 Å². The van der Waals surface area contributed by atoms with Crippen molar-refractivity contribution >= 4 is 39.6 Å². The number of halogens is 3. The van der Waals surface area contributed by atoms with Crippen LogP contribution in [0.4, 0.5) is 24.8 Å². The predicted octanol–water partition coefficient (Wildman–Crippen LogP) is 4.73. The smallest absolute Gasteiger partial charge is 0.245 e. The molecule has 1 amide bonds. The van der Waals surface area contributed by atoms with Crippen LogP contribution >= 0.6 is 0 Å². The molecule has 10 rings (SSSR count). The fraction of sp³-hybridized carbons (Fsp3) is 0.415. The van der Waals surface area contributed by atoms with Crippen LogP contribution in [0.15, 0.2) is 61.1 Å². The van der Waals surface area contributed by atoms with Crippen molar-refractivity contribution in [1.82, 2.24) is 44.1 Å². The molecule has 8 heterocycles. The number of rotatable bonds is 6. The maximum Gasteiger partial charge on any atom is 0.245 e. The minimum Gasteiger partial charge on any atom is -0.372 e. The summed E-state index contributed by atoms with van der Waals surface area (Å²) in [5.41, 5.74) is 2.96. The predicted molar refractivity (Wildman–Crippen MR) is 209 cm³/mol. The molecular formula is C41H42F3N11O3. The molecule has 58 heavy (non-hydrogen) atoms. The second kappa shape index (κ2) is 14.9. The zero-order valence-electron chi connectivity index (χ0n) is 31.9. The van der Waals surface area contributed by atoms with Crippen molar-refractivity contribution in [3.05, 3.63) is 84.3 Å². The highest BCUT2D eigenvalue weighted by Gasteiger charge is 2.41. The molecule has 4 aliphatic heterocycles. The first kappa shape index (κ1) is 36.7. The van der Waals surface area contributed by atoms with Gasteiger partial charge in [0.15, 0.2) is 11.5 Å². The third-order valence-electron chi connectivity index (χ3n) is 11.8. The number of pyridine rings is 1. The van der Waals surface area contributed by atoms with Crippen LogP contribution in [0.5, 0.6) is 0 Å². The molecule has 1 N–H and O–H groups in total. The summed E-state index contributed by atoms with van der Waals surface area (Å²) < 4.78 is 59.3. The van der Waals surface area contributed by atoms with Crippen LogP contribution in [-0.4, -0.2) is 127 Å². The van der Waals surface area contributed by atoms with Gasteiger partial charge in [-0.25, -0.2) is 37.8 Å². The Morgan fingerprint density at radius 1 is 0.914 bits per heavy atom. The molecule has 4 aromatic heterocycles. The van der Waals surface area contributed by atoms with Crippen LogP contribution in [-0.2, 0) is 20.8 Å². The van der Waals surface area contributed by atoms with Crippen LogP contribution in [0.2, 0.25) is 0 Å². The number of nitrogens with one attached hydrogen (secondary N) is 1. The molecule has 17 heteroatoms. The van der Waals surface area contributed by atoms with Gasteiger partial charge in [-0.05, 0) is 56.5 Å². The van der Waals surface area contributed by atoms with E-state index in [1.54, 1.807) is 6.20 Å². The summed E-state index contributed by atoms with van der Waals surface area (Å²) in [5, 5.41) is 8.53. The Morgan fingerprint density at radius 2 is 1.76 bits per heavy atom. The Labute approximate surface area is 331 Å². The summed E-state index contributed by atoms with van der Waals surface area (Å²) in [6.07, 6.45) is 4.88. The van der Waals surface area contributed by atoms with Crippen LogP contribution in [0.25, 0.3) is 39.0 Å². The Morgan fingerprint density at radius 3 is 2.59 bits per heavy atom. The number of likely N-dealkylation sites (tertiary alicyclic amines) is 1. The zero-order chi connectivity index (χ0) is 39.5. The van der Waals surface area contributed by atoms with Crippen LogP contribution in [0.1, 0.15) is 25.1 Å². The van der Waals surface area contributed by atoms with Gasteiger partial charge in [0.25, 0.3) is 0 Å². The lowest BCUT2D eigenvalue weighted by atomic mass is 10.1. The van der Waals surface area contributed by atoms with Crippen molar-refractivity contribution in [1.29, 1.82) is 0 Å². The van der Waals surface area contributed by atoms with E-state index < -0.39 is 23.5 Å². The van der Waals surface area contributed by atoms with E-state index in [0.717, 1.165) is 43.5 Å². The summed E-state index contributed by atoms with van der Waals surface area (Å²) in [7, 11) is 0. The highest BCUT2D eigenvalue weighted by Crippen LogP contribution is 2.35. The third kappa shape index (κ3) is 6.69. The number of nitrogens with zero attached hydrogens (tertiary/aromatic N) is 10. The molecule has 14 nitrogen and oxygen atoms in total. The van der Waals surface area contributed by atoms with Gasteiger partial charge >= 0.3 is 0 Å². The van der Waals surface area contributed by atoms with E-state index in [9.17, 15) is 4.39 Å². The van der Waals surface area contributed by atoms with Gasteiger partial charge in [-0.15, -0.1) is 0 Å². The molecular weight excluding hydrogens is 752 g/mol. The topological polar surface area (TPSA) is 132 Å². The summed E-state index contributed by atoms with van der Waals surface area (Å²) in [6.45, 7) is 7.44. The van der Waals surface area contributed by atoms with Crippen molar-refractivity contribution in [2.75, 3.05) is 62.7 Å². The van der Waals surface area contributed by atoms with E-state index in [0.29, 0.717) is 91.7 Å². The molecule has 0 radical (unpaired) electrons. The van der Waals surface area contributed by atoms with E-state index in [1.807, 2.05) is 34.9 Å². The molecule has 3 saturated heterocycles. The van der Waals surface area contributed by atoms with Gasteiger partial charge < -0.3 is 29.2 Å². The molecule has 4 aliphatic rings. The van der Waals surface area contributed by atoms with Gasteiger partial charge in [0.05, 0.1) is 53.7 Å². The van der Waals surface area contributed by atoms with Crippen molar-refractivity contribution in [3.63, 3.8) is 0 Å². The number of hydrogen-bond acceptors (Lipinski definition) is 11. The van der Waals surface area contributed by atoms with E-state index in [2.05, 4.69) is 24.9 Å². The molecule has 0 unspecified atom stereocenters. The van der Waals surface area contributed by atoms with Crippen LogP contribution in [0.3, 0.4) is 0 Å². The lowest BCUT2D eigenvalue weighted by molar-refractivity contribution is -0.132. The Hall–Kier alpha value is -5.65. The second-order valence-corrected chi connectivity index (χ2v) is 15.5. The van der Waals surface area contributed by atoms with E-state index in [1.165, 1.54) is 35.3 Å². The number of fused-ring (bicyclic) bond motifs is 7. The number of aromatic nitrogens is 7. The summed E-state index contributed by atoms with van der Waals surface area (Å²) in [4.78, 5) is 40.2. The normalized spacial score (nSPS) is 22.7. The minimum absolute atomic E-state index is 0.0375. The fourth-order valence-electron chi connectivity index (χ4n) is 9.16. The summed E-state index contributed by atoms with van der Waals surface area (Å²) in [5.74, 6) is -0.121. The Bertz CT molecular complexity index is 2520. The minimum atomic E-state index is -0.785. The molecule has 4 atom stereocenters. The fourth-order valence-corrected chi connectivity index (χ4v) is 9.16. The van der Waals surface area contributed by atoms with Crippen molar-refractivity contribution in [2.24, 2.45) is 0 Å². The number of imidazole rings is 1. The molecule has 0 saturated carbocycles. The number of carbonyl (C=O) groups excluding carboxylic acids is 1. The largest absolute Gasteiger partial charge is 0.372 e. The zero-order valence-corrected chi connectivity index (χ0v) is 31.9. The molecule has 4 bridgehead atoms. The molecule has 2 aromatic carbocycles. The van der Waals surface area contributed by atoms with E-state index in [4.69, 9.17) is 24.4 Å². The number of hydrogen-bond donors (Lipinski definition) is 1. The lowest BCUT2D eigenvalue weighted by Crippen LogP contribution is -2.47. The van der Waals surface area contributed by atoms with Crippen LogP contribution in [0, 0.1) is 24.4 Å². The number of ether oxygens (including phenoxy) is 2. The highest BCUT2D eigenvalue weighted by atomic mass is 19.1. The third-order valence-corrected chi connectivity index (χ3v) is 11.8. The summed E-state index contributed by atoms with van der Waals surface area (Å²) in [6, 6.07) is 11.0. The molecule has 6 aromatic rings. The monoisotopic (exact) mass is 793 g/mol. The first-order valence-electron chi connectivity index (χ1n) is 19.8. The molecule has 0 spiro atoms. The van der Waals surface area contributed by atoms with Gasteiger partial charge in [-0.1, -0.05) is 6.07 Å². The lowest BCUT2D eigenvalue weighted by Gasteiger charge is -2.31. The SMILES string of the molecule is Cc1nc2cc(F)cc3c2n1CCCN(CCCN1C[C@@H]2OCCO[C@@H]2C1)C(=O)[C@@H]1C[C@@H](CN1c1ncnc2c1cnn2-c1ccc(F)cc1F)Nc1cccc-3n1. The maximum absolute atomic E-state index is 15.1. The van der Waals surface area contributed by atoms with Gasteiger partial charge in [-0.3, -0.25) is 9.69 Å². The number of amides is 1. The average molecular weight is 794 g/mol. The standard InChI is InChI=1S/C41H42F3N11O3/c1-24-48-32-17-26(43)15-28-31-5-2-6-37(50-31)49-27-18-34(54(20-27)39-29-19-47-55(40(29)46-23-45-39)33-8-7-25(42)16-30(33)44)41(56)52(11-4-12-53(24)38(28)32)10-3-9-51-21-35-36(22-51)58-14-13-57-35/h2,5-8,15-17,19,23,27,34-36H,3-4,9-14,18,20-22H2,1H3,(H,49,50)/t27-,34-,35-,36+/m0/s1. The van der Waals surface area contributed by atoms with E-state index in [-0.39, 0.29) is 29.8 Å². The number of anilines is 2. The molecule has 0 aliphatic carbocycles. The first-order chi connectivity index (χ1) is 28.3. The Kier molecular flexibility index (Phi) is 9.45. The molecule has 3 fully saturated rings. The van der Waals surface area contributed by atoms with E-state index >= 15 is 13.6 Å². The van der Waals surface area contributed by atoms with Gasteiger partial charge in [-0.2, -0.15) is 5.10 Å². The van der Waals surface area contributed by atoms with Crippen molar-refractivity contribution in [2.45, 2.75) is 57.0 Å². The highest BCUT2D eigenvalue weighted by molar-refractivity contribution is 5.94. The van der Waals surface area contributed by atoms with Gasteiger partial charge in [0, 0.05) is 69.6 Å². The first-order valence-corrected chi connectivity index (χ1v) is 19.8. The maximum atomic E-state index is 15.1. The molecule has 300 valence electrons. The average Bonchev–Trinajstić information content (AvgIpc) is 4.00. The van der Waals surface area contributed by atoms with Crippen molar-refractivity contribution in [3.8, 4) is 16.9 Å². The number of benzene rings is 2. The Balaban J connectivity index is 1.01. The summed E-state index contributed by atoms with van der Waals surface area (Å²) >= 11 is 0. The second-order valence-electron chi connectivity index (χ2n) is 15.5. The quantitative estimate of drug-likeness (QED) is 0.251. The number of aryl methyl sites for hydroxylation is 2. The number of carbonyl (C=O) groups is 1. The van der Waals surface area contributed by atoms with Crippen molar-refractivity contribution < 1.29 is 27.4 Å².